The molecule has 7 heteroatoms. The molecular weight excluding hydrogens is 398 g/mol. The third-order valence-electron chi connectivity index (χ3n) is 5.28. The average molecular weight is 415 g/mol. The van der Waals surface area contributed by atoms with E-state index in [1.807, 2.05) is 37.3 Å². The Morgan fingerprint density at radius 2 is 1.73 bits per heavy atom. The zero-order valence-corrected chi connectivity index (χ0v) is 16.8. The molecule has 1 amide bonds. The number of amides is 1. The van der Waals surface area contributed by atoms with Crippen LogP contribution in [-0.4, -0.2) is 19.3 Å². The van der Waals surface area contributed by atoms with Crippen molar-refractivity contribution < 1.29 is 13.2 Å². The number of aryl methyl sites for hydroxylation is 1. The summed E-state index contributed by atoms with van der Waals surface area (Å²) in [5.74, 6) is -0.223. The molecule has 0 radical (unpaired) electrons. The first-order valence-corrected chi connectivity index (χ1v) is 10.8. The summed E-state index contributed by atoms with van der Waals surface area (Å²) in [5.41, 5.74) is 4.24. The van der Waals surface area contributed by atoms with E-state index in [-0.39, 0.29) is 10.8 Å². The molecule has 0 saturated carbocycles. The van der Waals surface area contributed by atoms with Gasteiger partial charge in [-0.3, -0.25) is 14.5 Å². The zero-order valence-electron chi connectivity index (χ0n) is 16.0. The number of hydrogen-bond acceptors (Lipinski definition) is 4. The fourth-order valence-corrected chi connectivity index (χ4v) is 5.08. The van der Waals surface area contributed by atoms with Gasteiger partial charge in [-0.2, -0.15) is 0 Å². The van der Waals surface area contributed by atoms with Crippen molar-refractivity contribution in [3.05, 3.63) is 84.2 Å². The topological polar surface area (TPSA) is 88.2 Å². The van der Waals surface area contributed by atoms with Crippen molar-refractivity contribution in [2.75, 3.05) is 10.0 Å². The summed E-state index contributed by atoms with van der Waals surface area (Å²) >= 11 is 0. The number of nitrogens with one attached hydrogen (secondary N) is 2. The van der Waals surface area contributed by atoms with Crippen LogP contribution in [-0.2, 0) is 10.0 Å². The van der Waals surface area contributed by atoms with Gasteiger partial charge in [-0.05, 0) is 60.0 Å². The molecular formula is C23H17N3O3S. The Bertz CT molecular complexity index is 1430. The minimum Gasteiger partial charge on any atom is -0.321 e. The van der Waals surface area contributed by atoms with Crippen LogP contribution < -0.4 is 10.0 Å². The summed E-state index contributed by atoms with van der Waals surface area (Å²) < 4.78 is 29.4. The normalized spacial score (nSPS) is 12.8. The third-order valence-corrected chi connectivity index (χ3v) is 6.70. The molecule has 0 atom stereocenters. The third kappa shape index (κ3) is 2.91. The molecule has 0 fully saturated rings. The van der Waals surface area contributed by atoms with Crippen LogP contribution >= 0.6 is 0 Å². The van der Waals surface area contributed by atoms with Gasteiger partial charge in [-0.15, -0.1) is 0 Å². The second-order valence-electron chi connectivity index (χ2n) is 7.16. The van der Waals surface area contributed by atoms with Crippen molar-refractivity contribution in [3.8, 4) is 11.1 Å². The van der Waals surface area contributed by atoms with Crippen molar-refractivity contribution in [2.24, 2.45) is 0 Å². The van der Waals surface area contributed by atoms with E-state index < -0.39 is 10.0 Å². The molecule has 3 aromatic carbocycles. The molecule has 4 aromatic rings. The van der Waals surface area contributed by atoms with E-state index in [0.717, 1.165) is 16.7 Å². The maximum atomic E-state index is 13.3. The number of rotatable bonds is 4. The summed E-state index contributed by atoms with van der Waals surface area (Å²) in [6.45, 7) is 1.85. The smallest absolute Gasteiger partial charge is 0.262 e. The number of nitrogens with zero attached hydrogens (tertiary/aromatic N) is 1. The number of pyridine rings is 1. The van der Waals surface area contributed by atoms with E-state index in [9.17, 15) is 13.2 Å². The van der Waals surface area contributed by atoms with Crippen molar-refractivity contribution in [3.63, 3.8) is 0 Å². The summed E-state index contributed by atoms with van der Waals surface area (Å²) in [4.78, 5) is 16.3. The second kappa shape index (κ2) is 6.67. The summed E-state index contributed by atoms with van der Waals surface area (Å²) in [6.07, 6.45) is 3.39. The molecule has 0 bridgehead atoms. The Hall–Kier alpha value is -3.71. The van der Waals surface area contributed by atoms with Crippen LogP contribution in [0.2, 0.25) is 0 Å². The molecule has 148 valence electrons. The van der Waals surface area contributed by atoms with Gasteiger partial charge in [-0.1, -0.05) is 24.3 Å². The van der Waals surface area contributed by atoms with Gasteiger partial charge in [0.05, 0.1) is 10.6 Å². The maximum absolute atomic E-state index is 13.3. The van der Waals surface area contributed by atoms with Gasteiger partial charge in [-0.25, -0.2) is 8.42 Å². The molecule has 5 rings (SSSR count). The Kier molecular flexibility index (Phi) is 4.08. The lowest BCUT2D eigenvalue weighted by Crippen LogP contribution is -2.14. The lowest BCUT2D eigenvalue weighted by atomic mass is 10.0. The molecule has 0 aliphatic carbocycles. The molecule has 0 unspecified atom stereocenters. The number of hydrogen-bond donors (Lipinski definition) is 2. The van der Waals surface area contributed by atoms with Gasteiger partial charge < -0.3 is 5.32 Å². The number of anilines is 2. The highest BCUT2D eigenvalue weighted by atomic mass is 32.2. The van der Waals surface area contributed by atoms with Crippen molar-refractivity contribution >= 4 is 38.1 Å². The quantitative estimate of drug-likeness (QED) is 0.511. The molecule has 1 aromatic heterocycles. The highest BCUT2D eigenvalue weighted by Gasteiger charge is 2.26. The predicted octanol–water partition coefficient (Wildman–Crippen LogP) is 4.58. The maximum Gasteiger partial charge on any atom is 0.262 e. The van der Waals surface area contributed by atoms with Gasteiger partial charge >= 0.3 is 0 Å². The molecule has 30 heavy (non-hydrogen) atoms. The van der Waals surface area contributed by atoms with Crippen LogP contribution in [0.3, 0.4) is 0 Å². The number of carbonyl (C=O) groups excluding carboxylic acids is 1. The lowest BCUT2D eigenvalue weighted by Gasteiger charge is -2.14. The van der Waals surface area contributed by atoms with Gasteiger partial charge in [0, 0.05) is 34.4 Å². The first-order valence-electron chi connectivity index (χ1n) is 9.35. The zero-order chi connectivity index (χ0) is 20.9. The standard InChI is InChI=1S/C23H17N3O3S/c1-14-5-6-16(15-9-11-24-12-10-15)13-20(14)26-30(28,29)21-8-7-19-22-17(21)3-2-4-18(22)23(27)25-19/h2-13,26H,1H3,(H,25,27). The van der Waals surface area contributed by atoms with Crippen molar-refractivity contribution in [2.45, 2.75) is 11.8 Å². The van der Waals surface area contributed by atoms with Crippen LogP contribution in [0.5, 0.6) is 0 Å². The number of carbonyl (C=O) groups is 1. The average Bonchev–Trinajstić information content (AvgIpc) is 3.07. The van der Waals surface area contributed by atoms with E-state index in [1.54, 1.807) is 36.7 Å². The highest BCUT2D eigenvalue weighted by Crippen LogP contribution is 2.37. The van der Waals surface area contributed by atoms with E-state index in [4.69, 9.17) is 0 Å². The lowest BCUT2D eigenvalue weighted by molar-refractivity contribution is 0.103. The largest absolute Gasteiger partial charge is 0.321 e. The van der Waals surface area contributed by atoms with Crippen LogP contribution in [0.15, 0.2) is 78.0 Å². The van der Waals surface area contributed by atoms with E-state index in [1.165, 1.54) is 6.07 Å². The SMILES string of the molecule is Cc1ccc(-c2ccncc2)cc1NS(=O)(=O)c1ccc2c3c(cccc13)C(=O)N2. The highest BCUT2D eigenvalue weighted by molar-refractivity contribution is 7.93. The number of aromatic nitrogens is 1. The van der Waals surface area contributed by atoms with Gasteiger partial charge in [0.2, 0.25) is 0 Å². The van der Waals surface area contributed by atoms with Crippen LogP contribution in [0.25, 0.3) is 21.9 Å². The Labute approximate surface area is 173 Å². The summed E-state index contributed by atoms with van der Waals surface area (Å²) in [6, 6.07) is 17.6. The first kappa shape index (κ1) is 18.3. The predicted molar refractivity (Wildman–Crippen MR) is 117 cm³/mol. The Morgan fingerprint density at radius 1 is 0.933 bits per heavy atom. The van der Waals surface area contributed by atoms with Gasteiger partial charge in [0.1, 0.15) is 0 Å². The number of benzene rings is 3. The number of sulfonamides is 1. The van der Waals surface area contributed by atoms with Crippen molar-refractivity contribution in [1.82, 2.24) is 4.98 Å². The van der Waals surface area contributed by atoms with E-state index in [2.05, 4.69) is 15.0 Å². The molecule has 1 aliphatic heterocycles. The monoisotopic (exact) mass is 415 g/mol. The fourth-order valence-electron chi connectivity index (χ4n) is 3.75. The molecule has 6 nitrogen and oxygen atoms in total. The fraction of sp³-hybridized carbons (Fsp3) is 0.0435. The first-order chi connectivity index (χ1) is 14.4. The summed E-state index contributed by atoms with van der Waals surface area (Å²) in [7, 11) is -3.89. The minimum atomic E-state index is -3.89. The Morgan fingerprint density at radius 3 is 2.53 bits per heavy atom. The van der Waals surface area contributed by atoms with Crippen molar-refractivity contribution in [1.29, 1.82) is 0 Å². The molecule has 0 spiro atoms. The minimum absolute atomic E-state index is 0.133. The van der Waals surface area contributed by atoms with Gasteiger partial charge in [0.15, 0.2) is 0 Å². The molecule has 1 aliphatic rings. The summed E-state index contributed by atoms with van der Waals surface area (Å²) in [5, 5.41) is 3.92. The van der Waals surface area contributed by atoms with E-state index in [0.29, 0.717) is 27.7 Å². The van der Waals surface area contributed by atoms with Crippen LogP contribution in [0.1, 0.15) is 15.9 Å². The van der Waals surface area contributed by atoms with Gasteiger partial charge in [0.25, 0.3) is 15.9 Å². The van der Waals surface area contributed by atoms with E-state index >= 15 is 0 Å². The molecule has 2 N–H and O–H groups in total. The van der Waals surface area contributed by atoms with Crippen LogP contribution in [0, 0.1) is 6.92 Å². The molecule has 2 heterocycles. The molecule has 0 saturated heterocycles. The van der Waals surface area contributed by atoms with Crippen LogP contribution in [0.4, 0.5) is 11.4 Å². The second-order valence-corrected chi connectivity index (χ2v) is 8.82. The Balaban J connectivity index is 1.60.